The van der Waals surface area contributed by atoms with Crippen molar-refractivity contribution >= 4 is 42.1 Å². The number of ether oxygens (including phenoxy) is 2. The van der Waals surface area contributed by atoms with Gasteiger partial charge in [-0.1, -0.05) is 0 Å². The lowest BCUT2D eigenvalue weighted by atomic mass is 10.2. The van der Waals surface area contributed by atoms with Crippen molar-refractivity contribution in [2.24, 2.45) is 4.99 Å². The van der Waals surface area contributed by atoms with E-state index in [1.54, 1.807) is 16.8 Å². The first kappa shape index (κ1) is 27.5. The van der Waals surface area contributed by atoms with Crippen LogP contribution in [0.1, 0.15) is 27.7 Å². The number of amides is 2. The fraction of sp³-hybridized carbons (Fsp3) is 0.850. The molecule has 2 saturated heterocycles. The highest BCUT2D eigenvalue weighted by Crippen LogP contribution is 2.11. The molecule has 2 aliphatic heterocycles. The van der Waals surface area contributed by atoms with E-state index in [1.807, 2.05) is 27.7 Å². The van der Waals surface area contributed by atoms with E-state index in [4.69, 9.17) is 9.47 Å². The summed E-state index contributed by atoms with van der Waals surface area (Å²) < 4.78 is 10.5. The van der Waals surface area contributed by atoms with Crippen LogP contribution in [0, 0.1) is 0 Å². The van der Waals surface area contributed by atoms with E-state index in [0.717, 1.165) is 45.2 Å². The molecule has 0 aromatic carbocycles. The Balaban J connectivity index is 0.00000480. The van der Waals surface area contributed by atoms with Crippen molar-refractivity contribution in [2.75, 3.05) is 79.1 Å². The van der Waals surface area contributed by atoms with Crippen molar-refractivity contribution in [3.05, 3.63) is 0 Å². The van der Waals surface area contributed by atoms with Crippen LogP contribution in [0.4, 0.5) is 9.59 Å². The number of rotatable bonds is 4. The Morgan fingerprint density at radius 1 is 0.903 bits per heavy atom. The van der Waals surface area contributed by atoms with Crippen molar-refractivity contribution in [2.45, 2.75) is 33.3 Å². The average Bonchev–Trinajstić information content (AvgIpc) is 2.71. The number of hydrogen-bond acceptors (Lipinski definition) is 6. The van der Waals surface area contributed by atoms with Gasteiger partial charge in [0.15, 0.2) is 5.96 Å². The van der Waals surface area contributed by atoms with Gasteiger partial charge in [-0.25, -0.2) is 9.59 Å². The first-order chi connectivity index (χ1) is 14.2. The van der Waals surface area contributed by atoms with Gasteiger partial charge in [-0.05, 0) is 27.7 Å². The Kier molecular flexibility index (Phi) is 11.7. The largest absolute Gasteiger partial charge is 0.450 e. The molecular formula is C20H39IN6O4. The average molecular weight is 554 g/mol. The maximum absolute atomic E-state index is 12.2. The van der Waals surface area contributed by atoms with Crippen LogP contribution in [0.25, 0.3) is 0 Å². The van der Waals surface area contributed by atoms with Crippen LogP contribution in [0.3, 0.4) is 0 Å². The van der Waals surface area contributed by atoms with Gasteiger partial charge in [-0.2, -0.15) is 0 Å². The number of piperazine rings is 2. The zero-order valence-corrected chi connectivity index (χ0v) is 21.9. The fourth-order valence-corrected chi connectivity index (χ4v) is 3.45. The number of aliphatic imine (C=N–C) groups is 1. The quantitative estimate of drug-likeness (QED) is 0.320. The monoisotopic (exact) mass is 554 g/mol. The molecule has 180 valence electrons. The molecule has 0 bridgehead atoms. The Morgan fingerprint density at radius 3 is 1.94 bits per heavy atom. The van der Waals surface area contributed by atoms with E-state index in [-0.39, 0.29) is 36.2 Å². The molecule has 2 fully saturated rings. The van der Waals surface area contributed by atoms with Crippen LogP contribution in [0.2, 0.25) is 0 Å². The molecule has 31 heavy (non-hydrogen) atoms. The van der Waals surface area contributed by atoms with Crippen molar-refractivity contribution in [3.63, 3.8) is 0 Å². The summed E-state index contributed by atoms with van der Waals surface area (Å²) in [6.07, 6.45) is -0.478. The van der Waals surface area contributed by atoms with E-state index >= 15 is 0 Å². The predicted molar refractivity (Wildman–Crippen MR) is 131 cm³/mol. The number of guanidine groups is 1. The molecule has 2 amide bonds. The first-order valence-electron chi connectivity index (χ1n) is 10.8. The smallest absolute Gasteiger partial charge is 0.410 e. The second-order valence-corrected chi connectivity index (χ2v) is 8.46. The van der Waals surface area contributed by atoms with Crippen LogP contribution in [-0.4, -0.2) is 122 Å². The molecule has 0 atom stereocenters. The Labute approximate surface area is 203 Å². The van der Waals surface area contributed by atoms with Crippen molar-refractivity contribution in [1.82, 2.24) is 24.9 Å². The lowest BCUT2D eigenvalue weighted by Crippen LogP contribution is -2.55. The van der Waals surface area contributed by atoms with Crippen LogP contribution >= 0.6 is 24.0 Å². The molecule has 10 nitrogen and oxygen atoms in total. The highest BCUT2D eigenvalue weighted by Gasteiger charge is 2.26. The normalized spacial score (nSPS) is 18.4. The van der Waals surface area contributed by atoms with Gasteiger partial charge in [0.05, 0.1) is 6.61 Å². The highest BCUT2D eigenvalue weighted by molar-refractivity contribution is 14.0. The molecule has 0 aliphatic carbocycles. The van der Waals surface area contributed by atoms with Gasteiger partial charge in [-0.3, -0.25) is 9.89 Å². The number of nitrogens with zero attached hydrogens (tertiary/aromatic N) is 5. The van der Waals surface area contributed by atoms with Crippen molar-refractivity contribution < 1.29 is 19.1 Å². The zero-order valence-electron chi connectivity index (χ0n) is 19.6. The Bertz CT molecular complexity index is 597. The minimum absolute atomic E-state index is 0. The second-order valence-electron chi connectivity index (χ2n) is 8.46. The summed E-state index contributed by atoms with van der Waals surface area (Å²) >= 11 is 0. The first-order valence-corrected chi connectivity index (χ1v) is 10.8. The molecule has 2 aliphatic rings. The minimum atomic E-state index is -0.462. The van der Waals surface area contributed by atoms with Gasteiger partial charge in [0.1, 0.15) is 5.60 Å². The molecule has 0 unspecified atom stereocenters. The summed E-state index contributed by atoms with van der Waals surface area (Å²) in [6, 6.07) is 0. The molecule has 0 spiro atoms. The third-order valence-corrected chi connectivity index (χ3v) is 5.05. The number of carbonyl (C=O) groups excluding carboxylic acids is 2. The minimum Gasteiger partial charge on any atom is -0.450 e. The summed E-state index contributed by atoms with van der Waals surface area (Å²) in [5.74, 6) is 0.853. The van der Waals surface area contributed by atoms with Gasteiger partial charge in [0.2, 0.25) is 0 Å². The van der Waals surface area contributed by atoms with Crippen LogP contribution in [0.15, 0.2) is 4.99 Å². The Morgan fingerprint density at radius 2 is 1.42 bits per heavy atom. The number of carbonyl (C=O) groups is 2. The van der Waals surface area contributed by atoms with Crippen LogP contribution in [0.5, 0.6) is 0 Å². The lowest BCUT2D eigenvalue weighted by Gasteiger charge is -2.37. The van der Waals surface area contributed by atoms with Gasteiger partial charge < -0.3 is 29.5 Å². The molecule has 0 radical (unpaired) electrons. The summed E-state index contributed by atoms with van der Waals surface area (Å²) in [5.41, 5.74) is -0.462. The van der Waals surface area contributed by atoms with E-state index < -0.39 is 5.60 Å². The lowest BCUT2D eigenvalue weighted by molar-refractivity contribution is 0.0147. The van der Waals surface area contributed by atoms with E-state index in [1.165, 1.54) is 0 Å². The van der Waals surface area contributed by atoms with Gasteiger partial charge in [0, 0.05) is 72.5 Å². The van der Waals surface area contributed by atoms with E-state index in [9.17, 15) is 9.59 Å². The molecule has 0 saturated carbocycles. The van der Waals surface area contributed by atoms with E-state index in [2.05, 4.69) is 20.1 Å². The topological polar surface area (TPSA) is 90.0 Å². The summed E-state index contributed by atoms with van der Waals surface area (Å²) in [7, 11) is 1.78. The standard InChI is InChI=1S/C20H38N6O4.HI/c1-6-29-18(27)25-15-13-24(14-16-25)17(21-5)22-7-8-23-9-11-26(12-10-23)19(28)30-20(2,3)4;/h6-16H2,1-5H3,(H,21,22);1H. The van der Waals surface area contributed by atoms with Crippen LogP contribution in [-0.2, 0) is 9.47 Å². The van der Waals surface area contributed by atoms with Crippen molar-refractivity contribution in [1.29, 1.82) is 0 Å². The van der Waals surface area contributed by atoms with Crippen LogP contribution < -0.4 is 5.32 Å². The van der Waals surface area contributed by atoms with Gasteiger partial charge >= 0.3 is 12.2 Å². The fourth-order valence-electron chi connectivity index (χ4n) is 3.45. The summed E-state index contributed by atoms with van der Waals surface area (Å²) in [4.78, 5) is 36.4. The molecule has 0 aromatic heterocycles. The predicted octanol–water partition coefficient (Wildman–Crippen LogP) is 1.51. The molecule has 11 heteroatoms. The SMILES string of the molecule is CCOC(=O)N1CCN(C(=NC)NCCN2CCN(C(=O)OC(C)(C)C)CC2)CC1.I. The third kappa shape index (κ3) is 9.26. The maximum atomic E-state index is 12.2. The molecule has 2 rings (SSSR count). The summed E-state index contributed by atoms with van der Waals surface area (Å²) in [5, 5.41) is 3.42. The van der Waals surface area contributed by atoms with Crippen molar-refractivity contribution in [3.8, 4) is 0 Å². The molecule has 0 aromatic rings. The van der Waals surface area contributed by atoms with Gasteiger partial charge in [0.25, 0.3) is 0 Å². The number of nitrogens with one attached hydrogen (secondary N) is 1. The maximum Gasteiger partial charge on any atom is 0.410 e. The molecular weight excluding hydrogens is 515 g/mol. The van der Waals surface area contributed by atoms with E-state index in [0.29, 0.717) is 32.8 Å². The molecule has 1 N–H and O–H groups in total. The number of halogens is 1. The second kappa shape index (κ2) is 13.1. The highest BCUT2D eigenvalue weighted by atomic mass is 127. The van der Waals surface area contributed by atoms with Gasteiger partial charge in [-0.15, -0.1) is 24.0 Å². The zero-order chi connectivity index (χ0) is 22.1. The number of hydrogen-bond donors (Lipinski definition) is 1. The Hall–Kier alpha value is -1.50. The molecule has 2 heterocycles. The third-order valence-electron chi connectivity index (χ3n) is 5.05. The summed E-state index contributed by atoms with van der Waals surface area (Å²) in [6.45, 7) is 15.3.